The molecule has 0 amide bonds. The van der Waals surface area contributed by atoms with Crippen molar-refractivity contribution in [2.45, 2.75) is 0 Å². The van der Waals surface area contributed by atoms with E-state index in [-0.39, 0.29) is 0 Å². The maximum Gasteiger partial charge on any atom is 0.149 e. The Morgan fingerprint density at radius 3 is 1.58 bits per heavy atom. The molecule has 4 N–H and O–H groups in total. The molecule has 5 heteroatoms. The molecular weight excluding hydrogens is 302 g/mol. The van der Waals surface area contributed by atoms with Crippen LogP contribution in [0.25, 0.3) is 0 Å². The Kier molecular flexibility index (Phi) is 4.21. The molecule has 5 nitrogen and oxygen atoms in total. The van der Waals surface area contributed by atoms with Crippen LogP contribution in [0, 0.1) is 11.3 Å². The molecule has 0 saturated carbocycles. The molecule has 0 aromatic heterocycles. The zero-order valence-corrected chi connectivity index (χ0v) is 12.8. The molecule has 3 aromatic carbocycles. The molecule has 0 aliphatic carbocycles. The van der Waals surface area contributed by atoms with E-state index in [0.717, 1.165) is 0 Å². The van der Waals surface area contributed by atoms with Gasteiger partial charge in [0.2, 0.25) is 0 Å². The fourth-order valence-electron chi connectivity index (χ4n) is 2.20. The van der Waals surface area contributed by atoms with Gasteiger partial charge in [-0.25, -0.2) is 0 Å². The standard InChI is InChI=1S/C19H15N3O2/c20-12-17-18(23-15-6-1-4-13(21)10-15)8-3-9-19(17)24-16-7-2-5-14(22)11-16/h1-11H,21-22H2. The third-order valence-electron chi connectivity index (χ3n) is 3.27. The van der Waals surface area contributed by atoms with E-state index in [1.807, 2.05) is 0 Å². The van der Waals surface area contributed by atoms with Gasteiger partial charge in [0.25, 0.3) is 0 Å². The number of hydrogen-bond acceptors (Lipinski definition) is 5. The number of anilines is 2. The fourth-order valence-corrected chi connectivity index (χ4v) is 2.20. The van der Waals surface area contributed by atoms with Gasteiger partial charge in [0, 0.05) is 23.5 Å². The molecule has 118 valence electrons. The van der Waals surface area contributed by atoms with Crippen LogP contribution < -0.4 is 20.9 Å². The zero-order chi connectivity index (χ0) is 16.9. The lowest BCUT2D eigenvalue weighted by Gasteiger charge is -2.12. The summed E-state index contributed by atoms with van der Waals surface area (Å²) >= 11 is 0. The fraction of sp³-hybridized carbons (Fsp3) is 0. The average Bonchev–Trinajstić information content (AvgIpc) is 2.55. The van der Waals surface area contributed by atoms with E-state index in [1.165, 1.54) is 0 Å². The van der Waals surface area contributed by atoms with Gasteiger partial charge in [-0.2, -0.15) is 5.26 Å². The molecule has 0 heterocycles. The van der Waals surface area contributed by atoms with Gasteiger partial charge in [0.05, 0.1) is 0 Å². The largest absolute Gasteiger partial charge is 0.456 e. The van der Waals surface area contributed by atoms with Gasteiger partial charge in [-0.05, 0) is 36.4 Å². The third-order valence-corrected chi connectivity index (χ3v) is 3.27. The molecule has 0 aliphatic rings. The molecule has 0 saturated heterocycles. The predicted molar refractivity (Wildman–Crippen MR) is 93.0 cm³/mol. The summed E-state index contributed by atoms with van der Waals surface area (Å²) in [6, 6.07) is 21.3. The van der Waals surface area contributed by atoms with E-state index in [9.17, 15) is 5.26 Å². The first kappa shape index (κ1) is 15.3. The molecule has 0 aliphatic heterocycles. The number of nitrogens with zero attached hydrogens (tertiary/aromatic N) is 1. The van der Waals surface area contributed by atoms with E-state index in [0.29, 0.717) is 39.9 Å². The number of benzene rings is 3. The van der Waals surface area contributed by atoms with E-state index in [2.05, 4.69) is 6.07 Å². The van der Waals surface area contributed by atoms with Crippen LogP contribution in [0.15, 0.2) is 66.7 Å². The lowest BCUT2D eigenvalue weighted by atomic mass is 10.2. The third kappa shape index (κ3) is 3.39. The molecular formula is C19H15N3O2. The molecule has 0 radical (unpaired) electrons. The van der Waals surface area contributed by atoms with Gasteiger partial charge in [-0.15, -0.1) is 0 Å². The Morgan fingerprint density at radius 2 is 1.17 bits per heavy atom. The van der Waals surface area contributed by atoms with Gasteiger partial charge in [-0.3, -0.25) is 0 Å². The second-order valence-electron chi connectivity index (χ2n) is 5.09. The van der Waals surface area contributed by atoms with Crippen molar-refractivity contribution >= 4 is 11.4 Å². The Morgan fingerprint density at radius 1 is 0.708 bits per heavy atom. The number of nitrogens with two attached hydrogens (primary N) is 2. The second kappa shape index (κ2) is 6.63. The molecule has 3 rings (SSSR count). The van der Waals surface area contributed by atoms with Crippen molar-refractivity contribution in [1.82, 2.24) is 0 Å². The summed E-state index contributed by atoms with van der Waals surface area (Å²) in [5.74, 6) is 1.88. The Hall–Kier alpha value is -3.65. The van der Waals surface area contributed by atoms with Crippen LogP contribution in [0.1, 0.15) is 5.56 Å². The van der Waals surface area contributed by atoms with Gasteiger partial charge >= 0.3 is 0 Å². The summed E-state index contributed by atoms with van der Waals surface area (Å²) in [4.78, 5) is 0. The average molecular weight is 317 g/mol. The highest BCUT2D eigenvalue weighted by atomic mass is 16.5. The van der Waals surface area contributed by atoms with Crippen LogP contribution >= 0.6 is 0 Å². The van der Waals surface area contributed by atoms with Crippen molar-refractivity contribution in [1.29, 1.82) is 5.26 Å². The maximum absolute atomic E-state index is 9.51. The van der Waals surface area contributed by atoms with Gasteiger partial charge in [-0.1, -0.05) is 18.2 Å². The Bertz CT molecular complexity index is 851. The minimum absolute atomic E-state index is 0.294. The smallest absolute Gasteiger partial charge is 0.149 e. The van der Waals surface area contributed by atoms with Gasteiger partial charge < -0.3 is 20.9 Å². The maximum atomic E-state index is 9.51. The normalized spacial score (nSPS) is 9.96. The van der Waals surface area contributed by atoms with Crippen LogP contribution in [0.2, 0.25) is 0 Å². The van der Waals surface area contributed by atoms with E-state index in [4.69, 9.17) is 20.9 Å². The topological polar surface area (TPSA) is 94.3 Å². The lowest BCUT2D eigenvalue weighted by molar-refractivity contribution is 0.458. The Balaban J connectivity index is 1.93. The monoisotopic (exact) mass is 317 g/mol. The van der Waals surface area contributed by atoms with Crippen LogP contribution in [-0.2, 0) is 0 Å². The summed E-state index contributed by atoms with van der Waals surface area (Å²) < 4.78 is 11.6. The van der Waals surface area contributed by atoms with Gasteiger partial charge in [0.1, 0.15) is 34.6 Å². The molecule has 0 unspecified atom stereocenters. The first-order valence-electron chi connectivity index (χ1n) is 7.25. The quantitative estimate of drug-likeness (QED) is 0.699. The lowest BCUT2D eigenvalue weighted by Crippen LogP contribution is -1.94. The number of ether oxygens (including phenoxy) is 2. The minimum atomic E-state index is 0.294. The molecule has 0 atom stereocenters. The molecule has 0 fully saturated rings. The molecule has 0 bridgehead atoms. The van der Waals surface area contributed by atoms with Crippen LogP contribution in [0.3, 0.4) is 0 Å². The van der Waals surface area contributed by atoms with Crippen molar-refractivity contribution in [3.8, 4) is 29.1 Å². The zero-order valence-electron chi connectivity index (χ0n) is 12.8. The van der Waals surface area contributed by atoms with Crippen molar-refractivity contribution in [2.75, 3.05) is 11.5 Å². The summed E-state index contributed by atoms with van der Waals surface area (Å²) in [5.41, 5.74) is 13.0. The Labute approximate surface area is 139 Å². The summed E-state index contributed by atoms with van der Waals surface area (Å²) in [6.45, 7) is 0. The first-order valence-corrected chi connectivity index (χ1v) is 7.25. The minimum Gasteiger partial charge on any atom is -0.456 e. The highest BCUT2D eigenvalue weighted by molar-refractivity contribution is 5.56. The SMILES string of the molecule is N#Cc1c(Oc2cccc(N)c2)cccc1Oc1cccc(N)c1. The van der Waals surface area contributed by atoms with Crippen LogP contribution in [-0.4, -0.2) is 0 Å². The first-order chi connectivity index (χ1) is 11.7. The van der Waals surface area contributed by atoms with Crippen LogP contribution in [0.5, 0.6) is 23.0 Å². The summed E-state index contributed by atoms with van der Waals surface area (Å²) in [7, 11) is 0. The van der Waals surface area contributed by atoms with E-state index in [1.54, 1.807) is 66.7 Å². The molecule has 0 spiro atoms. The van der Waals surface area contributed by atoms with Crippen molar-refractivity contribution in [3.05, 3.63) is 72.3 Å². The number of rotatable bonds is 4. The molecule has 24 heavy (non-hydrogen) atoms. The van der Waals surface area contributed by atoms with Crippen molar-refractivity contribution in [3.63, 3.8) is 0 Å². The highest BCUT2D eigenvalue weighted by Gasteiger charge is 2.12. The van der Waals surface area contributed by atoms with E-state index < -0.39 is 0 Å². The van der Waals surface area contributed by atoms with E-state index >= 15 is 0 Å². The number of hydrogen-bond donors (Lipinski definition) is 2. The van der Waals surface area contributed by atoms with Crippen molar-refractivity contribution < 1.29 is 9.47 Å². The molecule has 3 aromatic rings. The summed E-state index contributed by atoms with van der Waals surface area (Å²) in [5, 5.41) is 9.51. The number of nitrogen functional groups attached to an aromatic ring is 2. The predicted octanol–water partition coefficient (Wildman–Crippen LogP) is 4.31. The van der Waals surface area contributed by atoms with Crippen molar-refractivity contribution in [2.24, 2.45) is 0 Å². The van der Waals surface area contributed by atoms with Gasteiger partial charge in [0.15, 0.2) is 0 Å². The second-order valence-corrected chi connectivity index (χ2v) is 5.09. The number of nitriles is 1. The highest BCUT2D eigenvalue weighted by Crippen LogP contribution is 2.34. The van der Waals surface area contributed by atoms with Crippen LogP contribution in [0.4, 0.5) is 11.4 Å². The summed E-state index contributed by atoms with van der Waals surface area (Å²) in [6.07, 6.45) is 0.